The maximum Gasteiger partial charge on any atom is 0.219 e. The highest BCUT2D eigenvalue weighted by molar-refractivity contribution is 6.00. The van der Waals surface area contributed by atoms with Gasteiger partial charge in [-0.3, -0.25) is 4.79 Å². The maximum atomic E-state index is 13.3. The van der Waals surface area contributed by atoms with E-state index in [0.29, 0.717) is 30.1 Å². The minimum Gasteiger partial charge on any atom is -0.497 e. The van der Waals surface area contributed by atoms with Gasteiger partial charge < -0.3 is 15.4 Å². The van der Waals surface area contributed by atoms with E-state index in [4.69, 9.17) is 9.37 Å². The average Bonchev–Trinajstić information content (AvgIpc) is 3.13. The zero-order valence-corrected chi connectivity index (χ0v) is 16.2. The number of carbonyl (C=O) groups excluding carboxylic acids is 1. The number of anilines is 2. The number of carbonyl (C=O) groups is 1. The molecule has 2 atom stereocenters. The van der Waals surface area contributed by atoms with E-state index in [1.807, 2.05) is 24.3 Å². The largest absolute Gasteiger partial charge is 0.497 e. The van der Waals surface area contributed by atoms with Crippen molar-refractivity contribution < 1.29 is 18.6 Å². The lowest BCUT2D eigenvalue weighted by Gasteiger charge is -2.29. The molecule has 0 amide bonds. The van der Waals surface area contributed by atoms with Crippen molar-refractivity contribution in [3.8, 4) is 5.75 Å². The average molecular weight is 406 g/mol. The third-order valence-corrected chi connectivity index (χ3v) is 5.63. The lowest BCUT2D eigenvalue weighted by molar-refractivity contribution is -0.116. The van der Waals surface area contributed by atoms with E-state index in [9.17, 15) is 9.18 Å². The Balaban J connectivity index is 1.57. The third-order valence-electron chi connectivity index (χ3n) is 5.63. The lowest BCUT2D eigenvalue weighted by atomic mass is 9.78. The van der Waals surface area contributed by atoms with E-state index in [1.165, 1.54) is 12.1 Å². The van der Waals surface area contributed by atoms with Crippen LogP contribution in [0, 0.1) is 5.82 Å². The van der Waals surface area contributed by atoms with E-state index in [-0.39, 0.29) is 17.5 Å². The number of halogens is 1. The molecule has 2 aromatic carbocycles. The van der Waals surface area contributed by atoms with E-state index in [1.54, 1.807) is 19.2 Å². The number of allylic oxidation sites excluding steroid dienone is 1. The van der Waals surface area contributed by atoms with Crippen LogP contribution >= 0.6 is 0 Å². The van der Waals surface area contributed by atoms with E-state index in [2.05, 4.69) is 20.9 Å². The van der Waals surface area contributed by atoms with Crippen LogP contribution in [-0.4, -0.2) is 23.2 Å². The Morgan fingerprint density at radius 2 is 1.70 bits per heavy atom. The smallest absolute Gasteiger partial charge is 0.219 e. The van der Waals surface area contributed by atoms with Gasteiger partial charge in [-0.25, -0.2) is 9.02 Å². The van der Waals surface area contributed by atoms with E-state index < -0.39 is 6.04 Å². The summed E-state index contributed by atoms with van der Waals surface area (Å²) in [5.74, 6) is 1.28. The molecule has 0 spiro atoms. The summed E-state index contributed by atoms with van der Waals surface area (Å²) in [6, 6.07) is 13.4. The summed E-state index contributed by atoms with van der Waals surface area (Å²) in [7, 11) is 1.61. The minimum atomic E-state index is -0.409. The number of rotatable bonds is 3. The molecule has 0 radical (unpaired) electrons. The van der Waals surface area contributed by atoms with Gasteiger partial charge in [0, 0.05) is 17.7 Å². The predicted octanol–water partition coefficient (Wildman–Crippen LogP) is 4.20. The summed E-state index contributed by atoms with van der Waals surface area (Å²) in [4.78, 5) is 13.3. The van der Waals surface area contributed by atoms with Gasteiger partial charge in [-0.15, -0.1) is 0 Å². The van der Waals surface area contributed by atoms with Crippen molar-refractivity contribution in [2.75, 3.05) is 17.7 Å². The maximum absolute atomic E-state index is 13.3. The molecule has 0 saturated carbocycles. The van der Waals surface area contributed by atoms with Crippen LogP contribution in [0.3, 0.4) is 0 Å². The lowest BCUT2D eigenvalue weighted by Crippen LogP contribution is -2.27. The van der Waals surface area contributed by atoms with Gasteiger partial charge in [0.05, 0.1) is 13.2 Å². The Bertz CT molecular complexity index is 1120. The second-order valence-corrected chi connectivity index (χ2v) is 7.41. The molecule has 8 heteroatoms. The van der Waals surface area contributed by atoms with Crippen LogP contribution in [-0.2, 0) is 4.79 Å². The number of nitrogens with zero attached hydrogens (tertiary/aromatic N) is 2. The fourth-order valence-corrected chi connectivity index (χ4v) is 4.12. The zero-order chi connectivity index (χ0) is 20.7. The van der Waals surface area contributed by atoms with Crippen LogP contribution in [0.25, 0.3) is 0 Å². The molecule has 1 aliphatic carbocycles. The van der Waals surface area contributed by atoms with Crippen molar-refractivity contribution in [1.29, 1.82) is 0 Å². The van der Waals surface area contributed by atoms with Crippen molar-refractivity contribution in [2.24, 2.45) is 0 Å². The van der Waals surface area contributed by atoms with Crippen LogP contribution in [0.2, 0.25) is 0 Å². The molecule has 30 heavy (non-hydrogen) atoms. The zero-order valence-electron chi connectivity index (χ0n) is 16.2. The number of methoxy groups -OCH3 is 1. The first kappa shape index (κ1) is 18.4. The van der Waals surface area contributed by atoms with Crippen LogP contribution in [0.5, 0.6) is 5.75 Å². The summed E-state index contributed by atoms with van der Waals surface area (Å²) >= 11 is 0. The van der Waals surface area contributed by atoms with Crippen molar-refractivity contribution in [3.63, 3.8) is 0 Å². The van der Waals surface area contributed by atoms with Crippen molar-refractivity contribution in [1.82, 2.24) is 10.3 Å². The molecule has 1 aromatic heterocycles. The summed E-state index contributed by atoms with van der Waals surface area (Å²) in [5, 5.41) is 14.4. The molecule has 7 nitrogen and oxygen atoms in total. The molecule has 0 saturated heterocycles. The first-order valence-corrected chi connectivity index (χ1v) is 9.64. The number of benzene rings is 2. The van der Waals surface area contributed by atoms with Gasteiger partial charge in [-0.2, -0.15) is 0 Å². The quantitative estimate of drug-likeness (QED) is 0.674. The second-order valence-electron chi connectivity index (χ2n) is 7.41. The van der Waals surface area contributed by atoms with Gasteiger partial charge in [0.1, 0.15) is 11.6 Å². The van der Waals surface area contributed by atoms with Gasteiger partial charge in [0.2, 0.25) is 11.6 Å². The highest BCUT2D eigenvalue weighted by Crippen LogP contribution is 2.43. The SMILES string of the molecule is COc1ccc([C@H]2Nc3nonc3NC3=C2C(=O)C[C@H](c2ccc(F)cc2)C3)cc1. The molecule has 2 heterocycles. The second kappa shape index (κ2) is 7.29. The molecule has 5 rings (SSSR count). The Morgan fingerprint density at radius 3 is 2.43 bits per heavy atom. The molecular formula is C22H19FN4O3. The number of hydrogen-bond acceptors (Lipinski definition) is 7. The van der Waals surface area contributed by atoms with Gasteiger partial charge >= 0.3 is 0 Å². The topological polar surface area (TPSA) is 89.3 Å². The summed E-state index contributed by atoms with van der Waals surface area (Å²) in [5.41, 5.74) is 3.24. The van der Waals surface area contributed by atoms with E-state index in [0.717, 1.165) is 22.6 Å². The Morgan fingerprint density at radius 1 is 1.00 bits per heavy atom. The number of hydrogen-bond donors (Lipinski definition) is 2. The number of Topliss-reactive ketones (excluding diaryl/α,β-unsaturated/α-hetero) is 1. The molecule has 0 unspecified atom stereocenters. The molecule has 2 N–H and O–H groups in total. The molecular weight excluding hydrogens is 387 g/mol. The predicted molar refractivity (Wildman–Crippen MR) is 108 cm³/mol. The first-order valence-electron chi connectivity index (χ1n) is 9.64. The molecule has 0 bridgehead atoms. The van der Waals surface area contributed by atoms with Crippen LogP contribution in [0.4, 0.5) is 16.0 Å². The van der Waals surface area contributed by atoms with Crippen molar-refractivity contribution >= 4 is 17.4 Å². The van der Waals surface area contributed by atoms with Crippen LogP contribution < -0.4 is 15.4 Å². The Hall–Kier alpha value is -3.68. The van der Waals surface area contributed by atoms with Crippen molar-refractivity contribution in [2.45, 2.75) is 24.8 Å². The summed E-state index contributed by atoms with van der Waals surface area (Å²) in [6.45, 7) is 0. The molecule has 3 aromatic rings. The minimum absolute atomic E-state index is 0.0217. The number of nitrogens with one attached hydrogen (secondary N) is 2. The van der Waals surface area contributed by atoms with E-state index >= 15 is 0 Å². The standard InChI is InChI=1S/C22H19FN4O3/c1-29-16-8-4-13(5-9-16)20-19-17(24-21-22(25-20)27-30-26-21)10-14(11-18(19)28)12-2-6-15(23)7-3-12/h2-9,14,20H,10-11H2,1H3,(H,24,26)(H,25,27)/t14-,20-/m1/s1. The van der Waals surface area contributed by atoms with Crippen LogP contribution in [0.15, 0.2) is 64.4 Å². The number of ketones is 1. The fraction of sp³-hybridized carbons (Fsp3) is 0.227. The van der Waals surface area contributed by atoms with Gasteiger partial charge in [0.25, 0.3) is 0 Å². The Labute approximate surface area is 171 Å². The monoisotopic (exact) mass is 406 g/mol. The first-order chi connectivity index (χ1) is 14.6. The van der Waals surface area contributed by atoms with Crippen molar-refractivity contribution in [3.05, 3.63) is 76.7 Å². The number of fused-ring (bicyclic) bond motifs is 1. The van der Waals surface area contributed by atoms with Gasteiger partial charge in [0.15, 0.2) is 5.78 Å². The molecule has 1 aliphatic heterocycles. The van der Waals surface area contributed by atoms with Gasteiger partial charge in [-0.1, -0.05) is 24.3 Å². The third kappa shape index (κ3) is 3.20. The molecule has 2 aliphatic rings. The van der Waals surface area contributed by atoms with Crippen LogP contribution in [0.1, 0.15) is 35.9 Å². The highest BCUT2D eigenvalue weighted by atomic mass is 19.1. The van der Waals surface area contributed by atoms with Gasteiger partial charge in [-0.05, 0) is 58.0 Å². The fourth-order valence-electron chi connectivity index (χ4n) is 4.12. The molecule has 0 fully saturated rings. The molecule has 152 valence electrons. The number of ether oxygens (including phenoxy) is 1. The summed E-state index contributed by atoms with van der Waals surface area (Å²) in [6.07, 6.45) is 0.934. The highest BCUT2D eigenvalue weighted by Gasteiger charge is 2.37. The number of aromatic nitrogens is 2. The summed E-state index contributed by atoms with van der Waals surface area (Å²) < 4.78 is 23.5. The Kier molecular flexibility index (Phi) is 4.46. The normalized spacial score (nSPS) is 20.5.